The van der Waals surface area contributed by atoms with Crippen molar-refractivity contribution < 1.29 is 13.7 Å². The summed E-state index contributed by atoms with van der Waals surface area (Å²) in [6, 6.07) is 8.83. The smallest absolute Gasteiger partial charge is 0.292 e. The van der Waals surface area contributed by atoms with Crippen LogP contribution in [0.2, 0.25) is 0 Å². The van der Waals surface area contributed by atoms with E-state index in [1.54, 1.807) is 6.07 Å². The van der Waals surface area contributed by atoms with Gasteiger partial charge in [0.05, 0.1) is 10.6 Å². The first-order valence-corrected chi connectivity index (χ1v) is 6.14. The van der Waals surface area contributed by atoms with Crippen LogP contribution in [0.1, 0.15) is 0 Å². The zero-order valence-corrected chi connectivity index (χ0v) is 11.3. The average molecular weight is 309 g/mol. The van der Waals surface area contributed by atoms with Crippen molar-refractivity contribution in [2.75, 3.05) is 10.6 Å². The van der Waals surface area contributed by atoms with Gasteiger partial charge in [0.15, 0.2) is 5.11 Å². The predicted molar refractivity (Wildman–Crippen MR) is 79.3 cm³/mol. The highest BCUT2D eigenvalue weighted by Crippen LogP contribution is 2.23. The molecule has 0 bridgehead atoms. The van der Waals surface area contributed by atoms with Gasteiger partial charge in [0.25, 0.3) is 5.69 Å². The summed E-state index contributed by atoms with van der Waals surface area (Å²) in [5.41, 5.74) is -0.0313. The number of rotatable bonds is 3. The number of anilines is 2. The number of hydrogen-bond donors (Lipinski definition) is 2. The van der Waals surface area contributed by atoms with Crippen molar-refractivity contribution in [2.45, 2.75) is 0 Å². The van der Waals surface area contributed by atoms with Gasteiger partial charge in [-0.3, -0.25) is 10.1 Å². The summed E-state index contributed by atoms with van der Waals surface area (Å²) in [6.07, 6.45) is 0. The fourth-order valence-corrected chi connectivity index (χ4v) is 1.83. The van der Waals surface area contributed by atoms with Gasteiger partial charge in [-0.05, 0) is 30.4 Å². The van der Waals surface area contributed by atoms with E-state index < -0.39 is 16.6 Å². The number of nitro benzene ring substituents is 1. The Labute approximate surface area is 123 Å². The predicted octanol–water partition coefficient (Wildman–Crippen LogP) is 3.68. The van der Waals surface area contributed by atoms with E-state index in [-0.39, 0.29) is 22.2 Å². The van der Waals surface area contributed by atoms with Gasteiger partial charge in [-0.15, -0.1) is 0 Å². The minimum absolute atomic E-state index is 0.0347. The SMILES string of the molecule is O=[N+]([O-])c1ccccc1NC(=S)Nc1ccc(F)cc1F. The van der Waals surface area contributed by atoms with Gasteiger partial charge in [-0.1, -0.05) is 12.1 Å². The molecule has 8 heteroatoms. The summed E-state index contributed by atoms with van der Waals surface area (Å²) < 4.78 is 26.2. The van der Waals surface area contributed by atoms with Crippen molar-refractivity contribution in [2.24, 2.45) is 0 Å². The molecule has 5 nitrogen and oxygen atoms in total. The maximum Gasteiger partial charge on any atom is 0.292 e. The lowest BCUT2D eigenvalue weighted by molar-refractivity contribution is -0.383. The van der Waals surface area contributed by atoms with Crippen molar-refractivity contribution in [3.63, 3.8) is 0 Å². The molecule has 0 amide bonds. The zero-order valence-electron chi connectivity index (χ0n) is 10.5. The first-order valence-electron chi connectivity index (χ1n) is 5.74. The van der Waals surface area contributed by atoms with Crippen LogP contribution in [-0.4, -0.2) is 10.0 Å². The van der Waals surface area contributed by atoms with Crippen LogP contribution >= 0.6 is 12.2 Å². The Balaban J connectivity index is 2.14. The standard InChI is InChI=1S/C13H9F2N3O2S/c14-8-5-6-10(9(15)7-8)16-13(21)17-11-3-1-2-4-12(11)18(19)20/h1-7H,(H2,16,17,21). The molecule has 0 unspecified atom stereocenters. The van der Waals surface area contributed by atoms with Crippen LogP contribution in [-0.2, 0) is 0 Å². The molecule has 0 fully saturated rings. The van der Waals surface area contributed by atoms with E-state index in [0.29, 0.717) is 6.07 Å². The third-order valence-electron chi connectivity index (χ3n) is 2.53. The number of hydrogen-bond acceptors (Lipinski definition) is 3. The second-order valence-electron chi connectivity index (χ2n) is 3.98. The number of nitrogens with one attached hydrogen (secondary N) is 2. The largest absolute Gasteiger partial charge is 0.330 e. The monoisotopic (exact) mass is 309 g/mol. The lowest BCUT2D eigenvalue weighted by Crippen LogP contribution is -2.20. The zero-order chi connectivity index (χ0) is 15.4. The quantitative estimate of drug-likeness (QED) is 0.514. The van der Waals surface area contributed by atoms with Crippen molar-refractivity contribution >= 4 is 34.4 Å². The molecule has 0 aromatic heterocycles. The number of para-hydroxylation sites is 2. The fraction of sp³-hybridized carbons (Fsp3) is 0. The summed E-state index contributed by atoms with van der Waals surface area (Å²) >= 11 is 4.95. The van der Waals surface area contributed by atoms with Gasteiger partial charge in [-0.2, -0.15) is 0 Å². The van der Waals surface area contributed by atoms with E-state index in [1.165, 1.54) is 24.3 Å². The number of thiocarbonyl (C=S) groups is 1. The van der Waals surface area contributed by atoms with Gasteiger partial charge < -0.3 is 10.6 Å². The maximum absolute atomic E-state index is 13.5. The highest BCUT2D eigenvalue weighted by molar-refractivity contribution is 7.80. The van der Waals surface area contributed by atoms with Crippen LogP contribution in [0.3, 0.4) is 0 Å². The Morgan fingerprint density at radius 1 is 1.10 bits per heavy atom. The van der Waals surface area contributed by atoms with Gasteiger partial charge in [0.2, 0.25) is 0 Å². The number of nitro groups is 1. The molecular weight excluding hydrogens is 300 g/mol. The van der Waals surface area contributed by atoms with E-state index >= 15 is 0 Å². The lowest BCUT2D eigenvalue weighted by Gasteiger charge is -2.11. The Morgan fingerprint density at radius 3 is 2.43 bits per heavy atom. The van der Waals surface area contributed by atoms with E-state index in [9.17, 15) is 18.9 Å². The van der Waals surface area contributed by atoms with Gasteiger partial charge in [0, 0.05) is 12.1 Å². The van der Waals surface area contributed by atoms with Crippen molar-refractivity contribution in [1.82, 2.24) is 0 Å². The minimum Gasteiger partial charge on any atom is -0.330 e. The molecule has 0 radical (unpaired) electrons. The molecule has 0 aliphatic carbocycles. The van der Waals surface area contributed by atoms with Gasteiger partial charge >= 0.3 is 0 Å². The average Bonchev–Trinajstić information content (AvgIpc) is 2.42. The van der Waals surface area contributed by atoms with Crippen LogP contribution in [0.4, 0.5) is 25.8 Å². The molecule has 2 rings (SSSR count). The molecular formula is C13H9F2N3O2S. The van der Waals surface area contributed by atoms with Gasteiger partial charge in [-0.25, -0.2) is 8.78 Å². The third kappa shape index (κ3) is 3.69. The normalized spacial score (nSPS) is 10.0. The molecule has 0 aliphatic heterocycles. The molecule has 0 heterocycles. The number of benzene rings is 2. The lowest BCUT2D eigenvalue weighted by atomic mass is 10.2. The van der Waals surface area contributed by atoms with Crippen LogP contribution in [0.25, 0.3) is 0 Å². The number of nitrogens with zero attached hydrogens (tertiary/aromatic N) is 1. The first kappa shape index (κ1) is 14.8. The maximum atomic E-state index is 13.5. The summed E-state index contributed by atoms with van der Waals surface area (Å²) in [4.78, 5) is 10.3. The second kappa shape index (κ2) is 6.23. The van der Waals surface area contributed by atoms with E-state index in [1.807, 2.05) is 0 Å². The molecule has 2 N–H and O–H groups in total. The molecule has 0 spiro atoms. The van der Waals surface area contributed by atoms with E-state index in [0.717, 1.165) is 6.07 Å². The van der Waals surface area contributed by atoms with Crippen LogP contribution in [0.5, 0.6) is 0 Å². The third-order valence-corrected chi connectivity index (χ3v) is 2.73. The molecule has 2 aromatic rings. The highest BCUT2D eigenvalue weighted by Gasteiger charge is 2.14. The summed E-state index contributed by atoms with van der Waals surface area (Å²) in [5, 5.41) is 15.9. The van der Waals surface area contributed by atoms with Crippen LogP contribution < -0.4 is 10.6 Å². The molecule has 0 saturated carbocycles. The molecule has 21 heavy (non-hydrogen) atoms. The van der Waals surface area contributed by atoms with Crippen molar-refractivity contribution in [3.05, 3.63) is 64.2 Å². The highest BCUT2D eigenvalue weighted by atomic mass is 32.1. The first-order chi connectivity index (χ1) is 9.97. The Bertz CT molecular complexity index is 710. The van der Waals surface area contributed by atoms with Gasteiger partial charge in [0.1, 0.15) is 17.3 Å². The van der Waals surface area contributed by atoms with E-state index in [4.69, 9.17) is 12.2 Å². The van der Waals surface area contributed by atoms with Crippen molar-refractivity contribution in [3.8, 4) is 0 Å². The molecule has 2 aromatic carbocycles. The summed E-state index contributed by atoms with van der Waals surface area (Å²) in [5.74, 6) is -1.53. The molecule has 0 aliphatic rings. The molecule has 0 atom stereocenters. The minimum atomic E-state index is -0.818. The topological polar surface area (TPSA) is 67.2 Å². The summed E-state index contributed by atoms with van der Waals surface area (Å²) in [6.45, 7) is 0. The molecule has 108 valence electrons. The van der Waals surface area contributed by atoms with Crippen LogP contribution in [0.15, 0.2) is 42.5 Å². The Morgan fingerprint density at radius 2 is 1.76 bits per heavy atom. The Kier molecular flexibility index (Phi) is 4.39. The summed E-state index contributed by atoms with van der Waals surface area (Å²) in [7, 11) is 0. The second-order valence-corrected chi connectivity index (χ2v) is 4.39. The van der Waals surface area contributed by atoms with Crippen LogP contribution in [0, 0.1) is 21.7 Å². The van der Waals surface area contributed by atoms with Crippen molar-refractivity contribution in [1.29, 1.82) is 0 Å². The molecule has 0 saturated heterocycles. The Hall–Kier alpha value is -2.61. The fourth-order valence-electron chi connectivity index (χ4n) is 1.61. The van der Waals surface area contributed by atoms with E-state index in [2.05, 4.69) is 10.6 Å². The number of halogens is 2.